The molecule has 29 heavy (non-hydrogen) atoms. The van der Waals surface area contributed by atoms with E-state index in [1.807, 2.05) is 19.1 Å². The summed E-state index contributed by atoms with van der Waals surface area (Å²) in [5.74, 6) is -0.770. The molecule has 0 bridgehead atoms. The van der Waals surface area contributed by atoms with Gasteiger partial charge in [-0.3, -0.25) is 24.3 Å². The van der Waals surface area contributed by atoms with Crippen LogP contribution in [0.15, 0.2) is 56.5 Å². The highest BCUT2D eigenvalue weighted by atomic mass is 79.9. The van der Waals surface area contributed by atoms with E-state index in [9.17, 15) is 19.2 Å². The number of aromatic amines is 1. The number of H-pyrrole nitrogens is 1. The van der Waals surface area contributed by atoms with Gasteiger partial charge in [-0.1, -0.05) is 28.1 Å². The summed E-state index contributed by atoms with van der Waals surface area (Å²) < 4.78 is 2.01. The Morgan fingerprint density at radius 1 is 1.07 bits per heavy atom. The summed E-state index contributed by atoms with van der Waals surface area (Å²) in [5.41, 5.74) is 0.771. The van der Waals surface area contributed by atoms with E-state index in [4.69, 9.17) is 0 Å². The van der Waals surface area contributed by atoms with Crippen molar-refractivity contribution < 1.29 is 9.59 Å². The summed E-state index contributed by atoms with van der Waals surface area (Å²) in [6, 6.07) is 11.9. The van der Waals surface area contributed by atoms with Crippen molar-refractivity contribution in [3.63, 3.8) is 0 Å². The lowest BCUT2D eigenvalue weighted by molar-refractivity contribution is -0.124. The molecule has 8 nitrogen and oxygen atoms in total. The number of nitrogens with one attached hydrogen (secondary N) is 3. The van der Waals surface area contributed by atoms with Crippen LogP contribution in [0.2, 0.25) is 0 Å². The van der Waals surface area contributed by atoms with E-state index in [2.05, 4.69) is 31.7 Å². The molecule has 0 saturated carbocycles. The van der Waals surface area contributed by atoms with Crippen molar-refractivity contribution >= 4 is 44.2 Å². The van der Waals surface area contributed by atoms with Crippen molar-refractivity contribution in [2.75, 3.05) is 11.9 Å². The Bertz CT molecular complexity index is 1200. The molecule has 1 aromatic heterocycles. The molecular formula is C20H19BrN4O4. The van der Waals surface area contributed by atoms with Crippen molar-refractivity contribution in [3.05, 3.63) is 73.2 Å². The van der Waals surface area contributed by atoms with Gasteiger partial charge in [0.1, 0.15) is 0 Å². The Morgan fingerprint density at radius 2 is 1.79 bits per heavy atom. The standard InChI is InChI=1S/C20H19BrN4O4/c1-12-10-13(21)6-7-16(12)23-18(27)11-22-17(26)8-9-25-20(29)15-5-3-2-4-14(15)19(28)24-25/h2-7,10H,8-9,11H2,1H3,(H,22,26)(H,23,27)(H,24,28). The zero-order valence-electron chi connectivity index (χ0n) is 15.6. The normalized spacial score (nSPS) is 10.7. The fourth-order valence-corrected chi connectivity index (χ4v) is 3.32. The molecule has 0 unspecified atom stereocenters. The molecule has 3 rings (SSSR count). The monoisotopic (exact) mass is 458 g/mol. The van der Waals surface area contributed by atoms with Crippen LogP contribution < -0.4 is 21.8 Å². The lowest BCUT2D eigenvalue weighted by atomic mass is 10.2. The SMILES string of the molecule is Cc1cc(Br)ccc1NC(=O)CNC(=O)CCn1[nH]c(=O)c2ccccc2c1=O. The van der Waals surface area contributed by atoms with Gasteiger partial charge in [0.15, 0.2) is 0 Å². The minimum absolute atomic E-state index is 0.00181. The number of nitrogens with zero attached hydrogens (tertiary/aromatic N) is 1. The van der Waals surface area contributed by atoms with E-state index in [0.717, 1.165) is 14.7 Å². The zero-order valence-corrected chi connectivity index (χ0v) is 17.2. The Kier molecular flexibility index (Phi) is 6.28. The van der Waals surface area contributed by atoms with Crippen molar-refractivity contribution in [2.24, 2.45) is 0 Å². The predicted molar refractivity (Wildman–Crippen MR) is 114 cm³/mol. The molecular weight excluding hydrogens is 440 g/mol. The first-order valence-electron chi connectivity index (χ1n) is 8.89. The fraction of sp³-hybridized carbons (Fsp3) is 0.200. The van der Waals surface area contributed by atoms with Crippen LogP contribution in [0.5, 0.6) is 0 Å². The predicted octanol–water partition coefficient (Wildman–Crippen LogP) is 1.91. The summed E-state index contributed by atoms with van der Waals surface area (Å²) in [4.78, 5) is 48.5. The van der Waals surface area contributed by atoms with Crippen molar-refractivity contribution in [2.45, 2.75) is 19.9 Å². The highest BCUT2D eigenvalue weighted by molar-refractivity contribution is 9.10. The maximum atomic E-state index is 12.4. The molecule has 2 aromatic carbocycles. The molecule has 0 fully saturated rings. The fourth-order valence-electron chi connectivity index (χ4n) is 2.85. The number of halogens is 1. The Labute approximate surface area is 174 Å². The molecule has 0 aliphatic carbocycles. The summed E-state index contributed by atoms with van der Waals surface area (Å²) in [5, 5.41) is 8.30. The van der Waals surface area contributed by atoms with Crippen LogP contribution >= 0.6 is 15.9 Å². The van der Waals surface area contributed by atoms with Crippen LogP contribution in [0, 0.1) is 6.92 Å². The van der Waals surface area contributed by atoms with Crippen LogP contribution in [0.25, 0.3) is 10.8 Å². The molecule has 0 saturated heterocycles. The van der Waals surface area contributed by atoms with Crippen LogP contribution in [-0.4, -0.2) is 28.1 Å². The van der Waals surface area contributed by atoms with Gasteiger partial charge in [-0.05, 0) is 42.8 Å². The molecule has 3 aromatic rings. The molecule has 9 heteroatoms. The van der Waals surface area contributed by atoms with Gasteiger partial charge in [0.2, 0.25) is 11.8 Å². The second kappa shape index (κ2) is 8.87. The summed E-state index contributed by atoms with van der Waals surface area (Å²) in [7, 11) is 0. The van der Waals surface area contributed by atoms with E-state index >= 15 is 0 Å². The number of fused-ring (bicyclic) bond motifs is 1. The minimum Gasteiger partial charge on any atom is -0.347 e. The third kappa shape index (κ3) is 5.00. The molecule has 0 aliphatic rings. The molecule has 2 amide bonds. The van der Waals surface area contributed by atoms with Crippen LogP contribution in [-0.2, 0) is 16.1 Å². The zero-order chi connectivity index (χ0) is 21.0. The molecule has 3 N–H and O–H groups in total. The van der Waals surface area contributed by atoms with Crippen LogP contribution in [0.1, 0.15) is 12.0 Å². The minimum atomic E-state index is -0.409. The average Bonchev–Trinajstić information content (AvgIpc) is 2.70. The van der Waals surface area contributed by atoms with E-state index in [1.54, 1.807) is 30.3 Å². The number of benzene rings is 2. The maximum Gasteiger partial charge on any atom is 0.273 e. The number of hydrogen-bond acceptors (Lipinski definition) is 4. The first-order chi connectivity index (χ1) is 13.8. The summed E-state index contributed by atoms with van der Waals surface area (Å²) >= 11 is 3.36. The number of carbonyl (C=O) groups is 2. The molecule has 150 valence electrons. The smallest absolute Gasteiger partial charge is 0.273 e. The Hall–Kier alpha value is -3.20. The third-order valence-corrected chi connectivity index (χ3v) is 4.85. The van der Waals surface area contributed by atoms with Crippen LogP contribution in [0.3, 0.4) is 0 Å². The van der Waals surface area contributed by atoms with E-state index in [1.165, 1.54) is 0 Å². The molecule has 0 aliphatic heterocycles. The Balaban J connectivity index is 1.56. The number of amides is 2. The Morgan fingerprint density at radius 3 is 2.52 bits per heavy atom. The molecule has 0 atom stereocenters. The first kappa shape index (κ1) is 20.5. The van der Waals surface area contributed by atoms with E-state index in [-0.39, 0.29) is 31.0 Å². The maximum absolute atomic E-state index is 12.4. The number of carbonyl (C=O) groups excluding carboxylic acids is 2. The number of rotatable bonds is 6. The average molecular weight is 459 g/mol. The van der Waals surface area contributed by atoms with Crippen LogP contribution in [0.4, 0.5) is 5.69 Å². The van der Waals surface area contributed by atoms with Gasteiger partial charge in [-0.25, -0.2) is 4.68 Å². The van der Waals surface area contributed by atoms with Gasteiger partial charge in [-0.15, -0.1) is 0 Å². The third-order valence-electron chi connectivity index (χ3n) is 4.35. The summed E-state index contributed by atoms with van der Waals surface area (Å²) in [6.45, 7) is 1.66. The molecule has 1 heterocycles. The van der Waals surface area contributed by atoms with Gasteiger partial charge in [0.05, 0.1) is 23.9 Å². The van der Waals surface area contributed by atoms with Crippen molar-refractivity contribution in [1.29, 1.82) is 0 Å². The molecule has 0 radical (unpaired) electrons. The number of hydrogen-bond donors (Lipinski definition) is 3. The van der Waals surface area contributed by atoms with Crippen molar-refractivity contribution in [3.8, 4) is 0 Å². The lowest BCUT2D eigenvalue weighted by Gasteiger charge is -2.10. The highest BCUT2D eigenvalue weighted by Crippen LogP contribution is 2.19. The summed E-state index contributed by atoms with van der Waals surface area (Å²) in [6.07, 6.45) is -0.0568. The lowest BCUT2D eigenvalue weighted by Crippen LogP contribution is -2.35. The molecule has 0 spiro atoms. The van der Waals surface area contributed by atoms with Gasteiger partial charge in [0, 0.05) is 16.6 Å². The second-order valence-corrected chi connectivity index (χ2v) is 7.39. The van der Waals surface area contributed by atoms with Gasteiger partial charge in [0.25, 0.3) is 11.1 Å². The highest BCUT2D eigenvalue weighted by Gasteiger charge is 2.10. The topological polar surface area (TPSA) is 113 Å². The van der Waals surface area contributed by atoms with Gasteiger partial charge < -0.3 is 10.6 Å². The quantitative estimate of drug-likeness (QED) is 0.523. The van der Waals surface area contributed by atoms with Gasteiger partial charge in [-0.2, -0.15) is 0 Å². The van der Waals surface area contributed by atoms with E-state index in [0.29, 0.717) is 16.5 Å². The van der Waals surface area contributed by atoms with E-state index < -0.39 is 11.5 Å². The first-order valence-corrected chi connectivity index (χ1v) is 9.69. The largest absolute Gasteiger partial charge is 0.347 e. The number of anilines is 1. The van der Waals surface area contributed by atoms with Crippen molar-refractivity contribution in [1.82, 2.24) is 15.1 Å². The number of aryl methyl sites for hydroxylation is 2. The van der Waals surface area contributed by atoms with Gasteiger partial charge >= 0.3 is 0 Å². The number of aromatic nitrogens is 2. The second-order valence-electron chi connectivity index (χ2n) is 6.48.